The minimum Gasteiger partial charge on any atom is -0.378 e. The average Bonchev–Trinajstić information content (AvgIpc) is 2.71. The zero-order valence-corrected chi connectivity index (χ0v) is 17.3. The van der Waals surface area contributed by atoms with Crippen molar-refractivity contribution in [2.24, 2.45) is 0 Å². The van der Waals surface area contributed by atoms with Gasteiger partial charge >= 0.3 is 5.69 Å². The van der Waals surface area contributed by atoms with Crippen LogP contribution in [-0.4, -0.2) is 41.1 Å². The quantitative estimate of drug-likeness (QED) is 0.641. The van der Waals surface area contributed by atoms with Crippen LogP contribution in [0.3, 0.4) is 0 Å². The predicted octanol–water partition coefficient (Wildman–Crippen LogP) is 1.91. The molecule has 29 heavy (non-hydrogen) atoms. The number of amides is 1. The minimum absolute atomic E-state index is 0.119. The Labute approximate surface area is 169 Å². The molecule has 3 rings (SSSR count). The Balaban J connectivity index is 1.87. The number of carbonyl (C=O) groups is 1. The summed E-state index contributed by atoms with van der Waals surface area (Å²) in [5.41, 5.74) is 1.77. The SMILES string of the molecule is CCn1c(=O)c2ccccc2n(CC(=O)N(C)Cc2ccc(N(C)C)cc2)c1=O. The number of fused-ring (bicyclic) bond motifs is 1. The van der Waals surface area contributed by atoms with Crippen LogP contribution in [0.4, 0.5) is 5.69 Å². The van der Waals surface area contributed by atoms with E-state index in [0.717, 1.165) is 15.8 Å². The lowest BCUT2D eigenvalue weighted by Crippen LogP contribution is -2.42. The Bertz CT molecular complexity index is 1140. The lowest BCUT2D eigenvalue weighted by atomic mass is 10.2. The maximum atomic E-state index is 12.8. The molecule has 152 valence electrons. The molecule has 1 heterocycles. The summed E-state index contributed by atoms with van der Waals surface area (Å²) >= 11 is 0. The standard InChI is InChI=1S/C22H26N4O3/c1-5-25-21(28)18-8-6-7-9-19(18)26(22(25)29)15-20(27)24(4)14-16-10-12-17(13-11-16)23(2)3/h6-13H,5,14-15H2,1-4H3. The van der Waals surface area contributed by atoms with E-state index in [-0.39, 0.29) is 24.6 Å². The van der Waals surface area contributed by atoms with E-state index in [4.69, 9.17) is 0 Å². The summed E-state index contributed by atoms with van der Waals surface area (Å²) in [7, 11) is 5.66. The van der Waals surface area contributed by atoms with Crippen molar-refractivity contribution in [1.82, 2.24) is 14.0 Å². The first-order valence-corrected chi connectivity index (χ1v) is 9.56. The van der Waals surface area contributed by atoms with Crippen molar-refractivity contribution in [1.29, 1.82) is 0 Å². The molecule has 0 aliphatic rings. The summed E-state index contributed by atoms with van der Waals surface area (Å²) in [4.78, 5) is 41.8. The van der Waals surface area contributed by atoms with E-state index in [2.05, 4.69) is 0 Å². The van der Waals surface area contributed by atoms with Crippen molar-refractivity contribution in [3.8, 4) is 0 Å². The highest BCUT2D eigenvalue weighted by molar-refractivity contribution is 5.81. The van der Waals surface area contributed by atoms with E-state index in [1.807, 2.05) is 43.3 Å². The normalized spacial score (nSPS) is 10.9. The number of nitrogens with zero attached hydrogens (tertiary/aromatic N) is 4. The predicted molar refractivity (Wildman–Crippen MR) is 115 cm³/mol. The minimum atomic E-state index is -0.465. The van der Waals surface area contributed by atoms with Gasteiger partial charge in [0.2, 0.25) is 5.91 Å². The third-order valence-electron chi connectivity index (χ3n) is 5.04. The molecule has 1 amide bonds. The molecule has 0 saturated carbocycles. The fraction of sp³-hybridized carbons (Fsp3) is 0.318. The van der Waals surface area contributed by atoms with Crippen LogP contribution in [0.2, 0.25) is 0 Å². The number of likely N-dealkylation sites (N-methyl/N-ethyl adjacent to an activating group) is 1. The molecule has 0 atom stereocenters. The molecule has 0 aliphatic heterocycles. The van der Waals surface area contributed by atoms with E-state index in [1.165, 1.54) is 4.57 Å². The van der Waals surface area contributed by atoms with Gasteiger partial charge in [-0.05, 0) is 36.8 Å². The largest absolute Gasteiger partial charge is 0.378 e. The van der Waals surface area contributed by atoms with Gasteiger partial charge in [-0.3, -0.25) is 18.7 Å². The Hall–Kier alpha value is -3.35. The third-order valence-corrected chi connectivity index (χ3v) is 5.04. The van der Waals surface area contributed by atoms with E-state index in [0.29, 0.717) is 17.4 Å². The Morgan fingerprint density at radius 2 is 1.59 bits per heavy atom. The van der Waals surface area contributed by atoms with Crippen LogP contribution < -0.4 is 16.1 Å². The highest BCUT2D eigenvalue weighted by Gasteiger charge is 2.16. The van der Waals surface area contributed by atoms with E-state index < -0.39 is 5.69 Å². The molecule has 3 aromatic rings. The van der Waals surface area contributed by atoms with E-state index in [9.17, 15) is 14.4 Å². The van der Waals surface area contributed by atoms with Gasteiger partial charge in [0.25, 0.3) is 5.56 Å². The van der Waals surface area contributed by atoms with Gasteiger partial charge in [-0.2, -0.15) is 0 Å². The summed E-state index contributed by atoms with van der Waals surface area (Å²) in [6.07, 6.45) is 0. The number of carbonyl (C=O) groups excluding carboxylic acids is 1. The van der Waals surface area contributed by atoms with Crippen LogP contribution in [0.5, 0.6) is 0 Å². The molecule has 0 spiro atoms. The molecule has 7 heteroatoms. The van der Waals surface area contributed by atoms with Crippen LogP contribution in [0.1, 0.15) is 12.5 Å². The molecule has 0 unspecified atom stereocenters. The first-order chi connectivity index (χ1) is 13.8. The maximum Gasteiger partial charge on any atom is 0.331 e. The second kappa shape index (κ2) is 8.34. The highest BCUT2D eigenvalue weighted by Crippen LogP contribution is 2.14. The Morgan fingerprint density at radius 3 is 2.21 bits per heavy atom. The van der Waals surface area contributed by atoms with Crippen molar-refractivity contribution < 1.29 is 4.79 Å². The molecule has 0 fully saturated rings. The van der Waals surface area contributed by atoms with Crippen molar-refractivity contribution in [3.05, 3.63) is 74.9 Å². The van der Waals surface area contributed by atoms with Gasteiger partial charge in [-0.1, -0.05) is 24.3 Å². The van der Waals surface area contributed by atoms with E-state index in [1.54, 1.807) is 43.1 Å². The summed E-state index contributed by atoms with van der Waals surface area (Å²) in [5.74, 6) is -0.199. The molecular weight excluding hydrogens is 368 g/mol. The van der Waals surface area contributed by atoms with Gasteiger partial charge in [0.1, 0.15) is 6.54 Å². The molecule has 0 N–H and O–H groups in total. The Kier molecular flexibility index (Phi) is 5.87. The summed E-state index contributed by atoms with van der Waals surface area (Å²) in [6, 6.07) is 14.9. The van der Waals surface area contributed by atoms with Crippen LogP contribution in [0.25, 0.3) is 10.9 Å². The van der Waals surface area contributed by atoms with Crippen molar-refractivity contribution in [3.63, 3.8) is 0 Å². The second-order valence-electron chi connectivity index (χ2n) is 7.25. The third kappa shape index (κ3) is 4.08. The lowest BCUT2D eigenvalue weighted by Gasteiger charge is -2.20. The zero-order valence-electron chi connectivity index (χ0n) is 17.3. The number of rotatable bonds is 6. The van der Waals surface area contributed by atoms with Crippen LogP contribution in [0.15, 0.2) is 58.1 Å². The number of hydrogen-bond acceptors (Lipinski definition) is 4. The van der Waals surface area contributed by atoms with Crippen molar-refractivity contribution >= 4 is 22.5 Å². The van der Waals surface area contributed by atoms with Gasteiger partial charge in [-0.25, -0.2) is 4.79 Å². The van der Waals surface area contributed by atoms with Crippen molar-refractivity contribution in [2.45, 2.75) is 26.6 Å². The zero-order chi connectivity index (χ0) is 21.1. The molecule has 0 bridgehead atoms. The van der Waals surface area contributed by atoms with Crippen LogP contribution in [0, 0.1) is 0 Å². The number of anilines is 1. The van der Waals surface area contributed by atoms with Crippen LogP contribution >= 0.6 is 0 Å². The molecule has 7 nitrogen and oxygen atoms in total. The smallest absolute Gasteiger partial charge is 0.331 e. The number of para-hydroxylation sites is 1. The molecule has 2 aromatic carbocycles. The summed E-state index contributed by atoms with van der Waals surface area (Å²) < 4.78 is 2.55. The lowest BCUT2D eigenvalue weighted by molar-refractivity contribution is -0.131. The second-order valence-corrected chi connectivity index (χ2v) is 7.25. The van der Waals surface area contributed by atoms with Gasteiger partial charge in [0.15, 0.2) is 0 Å². The van der Waals surface area contributed by atoms with Gasteiger partial charge < -0.3 is 9.80 Å². The Morgan fingerprint density at radius 1 is 0.931 bits per heavy atom. The summed E-state index contributed by atoms with van der Waals surface area (Å²) in [6.45, 7) is 2.32. The first kappa shape index (κ1) is 20.4. The van der Waals surface area contributed by atoms with Crippen molar-refractivity contribution in [2.75, 3.05) is 26.0 Å². The summed E-state index contributed by atoms with van der Waals surface area (Å²) in [5, 5.41) is 0.434. The first-order valence-electron chi connectivity index (χ1n) is 9.56. The molecule has 0 saturated heterocycles. The van der Waals surface area contributed by atoms with Gasteiger partial charge in [0, 0.05) is 39.9 Å². The molecule has 1 aromatic heterocycles. The maximum absolute atomic E-state index is 12.8. The fourth-order valence-electron chi connectivity index (χ4n) is 3.32. The topological polar surface area (TPSA) is 67.6 Å². The molecule has 0 aliphatic carbocycles. The molecular formula is C22H26N4O3. The monoisotopic (exact) mass is 394 g/mol. The number of aromatic nitrogens is 2. The fourth-order valence-corrected chi connectivity index (χ4v) is 3.32. The average molecular weight is 394 g/mol. The molecule has 0 radical (unpaired) electrons. The van der Waals surface area contributed by atoms with Gasteiger partial charge in [-0.15, -0.1) is 0 Å². The number of hydrogen-bond donors (Lipinski definition) is 0. The number of benzene rings is 2. The van der Waals surface area contributed by atoms with Crippen LogP contribution in [-0.2, 0) is 24.4 Å². The van der Waals surface area contributed by atoms with E-state index >= 15 is 0 Å². The van der Waals surface area contributed by atoms with Gasteiger partial charge in [0.05, 0.1) is 10.9 Å². The highest BCUT2D eigenvalue weighted by atomic mass is 16.2.